The standard InChI is InChI=1S/C16H12ClFN2O2S/c17-12-8-11(18)6-7-13(12)20-14(21)9-19(16(20)23)15(22)10-4-2-1-3-5-10/h1-8,14,21H,9H2/t14-/m0/s1. The van der Waals surface area contributed by atoms with E-state index >= 15 is 0 Å². The molecule has 1 fully saturated rings. The predicted molar refractivity (Wildman–Crippen MR) is 90.0 cm³/mol. The lowest BCUT2D eigenvalue weighted by atomic mass is 10.2. The summed E-state index contributed by atoms with van der Waals surface area (Å²) < 4.78 is 13.2. The van der Waals surface area contributed by atoms with E-state index < -0.39 is 12.0 Å². The number of benzene rings is 2. The number of carbonyl (C=O) groups is 1. The van der Waals surface area contributed by atoms with Crippen molar-refractivity contribution in [3.05, 3.63) is 64.9 Å². The maximum atomic E-state index is 13.2. The first-order valence-electron chi connectivity index (χ1n) is 6.82. The summed E-state index contributed by atoms with van der Waals surface area (Å²) in [4.78, 5) is 15.2. The van der Waals surface area contributed by atoms with Gasteiger partial charge in [0.1, 0.15) is 5.82 Å². The van der Waals surface area contributed by atoms with Crippen LogP contribution in [0.3, 0.4) is 0 Å². The van der Waals surface area contributed by atoms with Gasteiger partial charge in [-0.15, -0.1) is 0 Å². The molecule has 0 aromatic heterocycles. The molecule has 0 spiro atoms. The van der Waals surface area contributed by atoms with Crippen molar-refractivity contribution in [1.82, 2.24) is 4.90 Å². The molecule has 118 valence electrons. The highest BCUT2D eigenvalue weighted by molar-refractivity contribution is 7.80. The van der Waals surface area contributed by atoms with Crippen molar-refractivity contribution in [1.29, 1.82) is 0 Å². The van der Waals surface area contributed by atoms with Crippen LogP contribution >= 0.6 is 23.8 Å². The lowest BCUT2D eigenvalue weighted by Gasteiger charge is -2.23. The van der Waals surface area contributed by atoms with E-state index in [1.807, 2.05) is 0 Å². The molecule has 1 atom stereocenters. The van der Waals surface area contributed by atoms with E-state index in [1.165, 1.54) is 21.9 Å². The number of amides is 1. The van der Waals surface area contributed by atoms with Gasteiger partial charge in [0, 0.05) is 5.56 Å². The van der Waals surface area contributed by atoms with E-state index in [0.29, 0.717) is 11.3 Å². The second-order valence-corrected chi connectivity index (χ2v) is 5.78. The fraction of sp³-hybridized carbons (Fsp3) is 0.125. The Morgan fingerprint density at radius 3 is 2.61 bits per heavy atom. The smallest absolute Gasteiger partial charge is 0.260 e. The van der Waals surface area contributed by atoms with Crippen LogP contribution in [0.15, 0.2) is 48.5 Å². The lowest BCUT2D eigenvalue weighted by molar-refractivity contribution is 0.0821. The number of rotatable bonds is 2. The summed E-state index contributed by atoms with van der Waals surface area (Å²) in [5, 5.41) is 10.5. The van der Waals surface area contributed by atoms with Gasteiger partial charge in [0.15, 0.2) is 11.3 Å². The summed E-state index contributed by atoms with van der Waals surface area (Å²) in [5.41, 5.74) is 0.822. The number of carbonyl (C=O) groups excluding carboxylic acids is 1. The number of β-amino-alcohol motifs (C(OH)–C–C–N with tert-alkyl or cyclic N) is 1. The number of aliphatic hydroxyl groups is 1. The number of hydrogen-bond acceptors (Lipinski definition) is 3. The molecule has 1 heterocycles. The molecule has 1 amide bonds. The Morgan fingerprint density at radius 1 is 1.26 bits per heavy atom. The average Bonchev–Trinajstić information content (AvgIpc) is 2.83. The minimum absolute atomic E-state index is 0.0142. The Kier molecular flexibility index (Phi) is 4.30. The topological polar surface area (TPSA) is 43.8 Å². The lowest BCUT2D eigenvalue weighted by Crippen LogP contribution is -2.37. The average molecular weight is 351 g/mol. The van der Waals surface area contributed by atoms with Crippen LogP contribution < -0.4 is 4.90 Å². The van der Waals surface area contributed by atoms with Crippen molar-refractivity contribution in [3.63, 3.8) is 0 Å². The summed E-state index contributed by atoms with van der Waals surface area (Å²) in [5.74, 6) is -0.800. The van der Waals surface area contributed by atoms with E-state index in [1.54, 1.807) is 30.3 Å². The van der Waals surface area contributed by atoms with Crippen LogP contribution in [0.25, 0.3) is 0 Å². The van der Waals surface area contributed by atoms with Gasteiger partial charge in [0.2, 0.25) is 0 Å². The monoisotopic (exact) mass is 350 g/mol. The summed E-state index contributed by atoms with van der Waals surface area (Å²) in [6.45, 7) is 0.0142. The van der Waals surface area contributed by atoms with Gasteiger partial charge in [0.05, 0.1) is 17.3 Å². The molecule has 1 aliphatic heterocycles. The van der Waals surface area contributed by atoms with Crippen molar-refractivity contribution in [2.45, 2.75) is 6.23 Å². The van der Waals surface area contributed by atoms with Crippen LogP contribution in [-0.4, -0.2) is 33.8 Å². The number of halogens is 2. The molecule has 0 bridgehead atoms. The largest absolute Gasteiger partial charge is 0.371 e. The second-order valence-electron chi connectivity index (χ2n) is 5.01. The van der Waals surface area contributed by atoms with Crippen molar-refractivity contribution in [3.8, 4) is 0 Å². The molecule has 0 unspecified atom stereocenters. The Morgan fingerprint density at radius 2 is 1.96 bits per heavy atom. The maximum absolute atomic E-state index is 13.2. The Labute approximate surface area is 142 Å². The van der Waals surface area contributed by atoms with Crippen molar-refractivity contribution < 1.29 is 14.3 Å². The van der Waals surface area contributed by atoms with E-state index in [-0.39, 0.29) is 22.6 Å². The fourth-order valence-corrected chi connectivity index (χ4v) is 3.06. The van der Waals surface area contributed by atoms with Crippen molar-refractivity contribution >= 4 is 40.5 Å². The van der Waals surface area contributed by atoms with Crippen LogP contribution in [0.5, 0.6) is 0 Å². The van der Waals surface area contributed by atoms with Crippen LogP contribution in [0.4, 0.5) is 10.1 Å². The highest BCUT2D eigenvalue weighted by Gasteiger charge is 2.38. The molecule has 0 radical (unpaired) electrons. The first-order chi connectivity index (χ1) is 11.0. The highest BCUT2D eigenvalue weighted by Crippen LogP contribution is 2.32. The number of anilines is 1. The summed E-state index contributed by atoms with van der Waals surface area (Å²) >= 11 is 11.3. The molecular weight excluding hydrogens is 339 g/mol. The van der Waals surface area contributed by atoms with E-state index in [2.05, 4.69) is 0 Å². The minimum atomic E-state index is -1.04. The van der Waals surface area contributed by atoms with Gasteiger partial charge < -0.3 is 5.11 Å². The molecular formula is C16H12ClFN2O2S. The molecule has 4 nitrogen and oxygen atoms in total. The minimum Gasteiger partial charge on any atom is -0.371 e. The molecule has 1 saturated heterocycles. The molecule has 2 aromatic carbocycles. The SMILES string of the molecule is O=C(c1ccccc1)N1C[C@H](O)N(c2ccc(F)cc2Cl)C1=S. The number of hydrogen-bond donors (Lipinski definition) is 1. The van der Waals surface area contributed by atoms with Gasteiger partial charge in [0.25, 0.3) is 5.91 Å². The van der Waals surface area contributed by atoms with Crippen molar-refractivity contribution in [2.24, 2.45) is 0 Å². The van der Waals surface area contributed by atoms with E-state index in [0.717, 1.165) is 6.07 Å². The zero-order chi connectivity index (χ0) is 16.6. The third-order valence-corrected chi connectivity index (χ3v) is 4.24. The molecule has 0 saturated carbocycles. The maximum Gasteiger partial charge on any atom is 0.260 e. The molecule has 7 heteroatoms. The van der Waals surface area contributed by atoms with Gasteiger partial charge >= 0.3 is 0 Å². The normalized spacial score (nSPS) is 17.7. The number of aliphatic hydroxyl groups excluding tert-OH is 1. The Balaban J connectivity index is 1.91. The molecule has 1 aliphatic rings. The van der Waals surface area contributed by atoms with E-state index in [4.69, 9.17) is 23.8 Å². The summed E-state index contributed by atoms with van der Waals surface area (Å²) in [7, 11) is 0. The molecule has 1 N–H and O–H groups in total. The van der Waals surface area contributed by atoms with Crippen molar-refractivity contribution in [2.75, 3.05) is 11.4 Å². The molecule has 0 aliphatic carbocycles. The van der Waals surface area contributed by atoms with Gasteiger partial charge in [-0.05, 0) is 42.5 Å². The van der Waals surface area contributed by atoms with Gasteiger partial charge in [-0.3, -0.25) is 14.6 Å². The Bertz CT molecular complexity index is 772. The molecule has 23 heavy (non-hydrogen) atoms. The molecule has 2 aromatic rings. The van der Waals surface area contributed by atoms with Crippen LogP contribution in [-0.2, 0) is 0 Å². The Hall–Kier alpha value is -2.02. The van der Waals surface area contributed by atoms with Gasteiger partial charge in [-0.25, -0.2) is 4.39 Å². The first-order valence-corrected chi connectivity index (χ1v) is 7.61. The van der Waals surface area contributed by atoms with Crippen LogP contribution in [0.2, 0.25) is 5.02 Å². The van der Waals surface area contributed by atoms with E-state index in [9.17, 15) is 14.3 Å². The summed E-state index contributed by atoms with van der Waals surface area (Å²) in [6.07, 6.45) is -1.04. The fourth-order valence-electron chi connectivity index (χ4n) is 2.43. The number of nitrogens with zero attached hydrogens (tertiary/aromatic N) is 2. The van der Waals surface area contributed by atoms with Crippen LogP contribution in [0.1, 0.15) is 10.4 Å². The zero-order valence-electron chi connectivity index (χ0n) is 11.8. The first kappa shape index (κ1) is 15.9. The second kappa shape index (κ2) is 6.23. The number of thiocarbonyl (C=S) groups is 1. The third-order valence-electron chi connectivity index (χ3n) is 3.52. The van der Waals surface area contributed by atoms with Gasteiger partial charge in [-0.1, -0.05) is 29.8 Å². The zero-order valence-corrected chi connectivity index (χ0v) is 13.4. The highest BCUT2D eigenvalue weighted by atomic mass is 35.5. The summed E-state index contributed by atoms with van der Waals surface area (Å²) in [6, 6.07) is 12.4. The third kappa shape index (κ3) is 2.93. The van der Waals surface area contributed by atoms with Crippen LogP contribution in [0, 0.1) is 5.82 Å². The predicted octanol–water partition coefficient (Wildman–Crippen LogP) is 3.04. The molecule has 3 rings (SSSR count). The quantitative estimate of drug-likeness (QED) is 0.845. The van der Waals surface area contributed by atoms with Gasteiger partial charge in [-0.2, -0.15) is 0 Å².